The molecule has 0 spiro atoms. The van der Waals surface area contributed by atoms with Crippen molar-refractivity contribution in [2.24, 2.45) is 5.92 Å². The van der Waals surface area contributed by atoms with Crippen LogP contribution in [0.15, 0.2) is 47.4 Å². The molecule has 1 aliphatic heterocycles. The molecular weight excluding hydrogens is 416 g/mol. The molecule has 1 amide bonds. The molecule has 3 rings (SSSR count). The average Bonchev–Trinajstić information content (AvgIpc) is 2.79. The molecule has 1 atom stereocenters. The van der Waals surface area contributed by atoms with E-state index in [1.165, 1.54) is 11.4 Å². The van der Waals surface area contributed by atoms with Gasteiger partial charge in [0.15, 0.2) is 0 Å². The van der Waals surface area contributed by atoms with Crippen LogP contribution in [0.1, 0.15) is 24.0 Å². The average molecular weight is 447 g/mol. The Bertz CT molecular complexity index is 1010. The van der Waals surface area contributed by atoms with Gasteiger partial charge >= 0.3 is 0 Å². The number of piperidine rings is 1. The summed E-state index contributed by atoms with van der Waals surface area (Å²) in [6.07, 6.45) is 2.01. The second-order valence-electron chi connectivity index (χ2n) is 7.75. The lowest BCUT2D eigenvalue weighted by atomic mass is 9.99. The molecule has 0 radical (unpaired) electrons. The molecule has 31 heavy (non-hydrogen) atoms. The minimum atomic E-state index is -3.75. The fourth-order valence-electron chi connectivity index (χ4n) is 3.77. The first-order valence-electron chi connectivity index (χ1n) is 10.4. The number of aryl methyl sites for hydroxylation is 1. The largest absolute Gasteiger partial charge is 0.497 e. The van der Waals surface area contributed by atoms with Gasteiger partial charge in [-0.3, -0.25) is 4.79 Å². The summed E-state index contributed by atoms with van der Waals surface area (Å²) in [5.74, 6) is 0.637. The molecule has 7 nitrogen and oxygen atoms in total. The maximum Gasteiger partial charge on any atom is 0.246 e. The van der Waals surface area contributed by atoms with Crippen LogP contribution in [0, 0.1) is 12.8 Å². The standard InChI is InChI=1S/C23H30N2O5S/c1-17-6-11-21(30-3)22(15-17)31(27,28)25-14-4-5-19(16-25)23(26)24-13-12-18-7-9-20(29-2)10-8-18/h6-11,15,19H,4-5,12-14,16H2,1-3H3,(H,24,26)/t19-/m1/s1. The number of carbonyl (C=O) groups is 1. The van der Waals surface area contributed by atoms with E-state index >= 15 is 0 Å². The Labute approximate surface area is 184 Å². The monoisotopic (exact) mass is 446 g/mol. The smallest absolute Gasteiger partial charge is 0.246 e. The third-order valence-corrected chi connectivity index (χ3v) is 7.45. The van der Waals surface area contributed by atoms with Gasteiger partial charge in [0.1, 0.15) is 16.4 Å². The van der Waals surface area contributed by atoms with Crippen LogP contribution in [0.2, 0.25) is 0 Å². The fraction of sp³-hybridized carbons (Fsp3) is 0.435. The lowest BCUT2D eigenvalue weighted by molar-refractivity contribution is -0.126. The van der Waals surface area contributed by atoms with E-state index in [1.54, 1.807) is 19.2 Å². The zero-order chi connectivity index (χ0) is 22.4. The normalized spacial score (nSPS) is 17.2. The van der Waals surface area contributed by atoms with Gasteiger partial charge in [0.25, 0.3) is 0 Å². The first-order chi connectivity index (χ1) is 14.8. The van der Waals surface area contributed by atoms with Gasteiger partial charge in [-0.15, -0.1) is 0 Å². The number of benzene rings is 2. The Morgan fingerprint density at radius 2 is 1.87 bits per heavy atom. The number of hydrogen-bond donors (Lipinski definition) is 1. The number of methoxy groups -OCH3 is 2. The first kappa shape index (κ1) is 23.1. The zero-order valence-electron chi connectivity index (χ0n) is 18.3. The lowest BCUT2D eigenvalue weighted by Crippen LogP contribution is -2.45. The van der Waals surface area contributed by atoms with Crippen LogP contribution in [-0.4, -0.2) is 52.5 Å². The molecule has 168 valence electrons. The lowest BCUT2D eigenvalue weighted by Gasteiger charge is -2.31. The number of sulfonamides is 1. The molecule has 0 aliphatic carbocycles. The highest BCUT2D eigenvalue weighted by molar-refractivity contribution is 7.89. The Kier molecular flexibility index (Phi) is 7.56. The molecule has 8 heteroatoms. The van der Waals surface area contributed by atoms with Crippen molar-refractivity contribution >= 4 is 15.9 Å². The number of carbonyl (C=O) groups excluding carboxylic acids is 1. The van der Waals surface area contributed by atoms with Crippen molar-refractivity contribution in [2.45, 2.75) is 31.1 Å². The Balaban J connectivity index is 1.61. The minimum Gasteiger partial charge on any atom is -0.497 e. The second kappa shape index (κ2) is 10.2. The van der Waals surface area contributed by atoms with Gasteiger partial charge in [-0.2, -0.15) is 4.31 Å². The summed E-state index contributed by atoms with van der Waals surface area (Å²) < 4.78 is 38.3. The van der Waals surface area contributed by atoms with Gasteiger partial charge in [-0.25, -0.2) is 8.42 Å². The Hall–Kier alpha value is -2.58. The summed E-state index contributed by atoms with van der Waals surface area (Å²) in [5, 5.41) is 2.96. The number of amides is 1. The summed E-state index contributed by atoms with van der Waals surface area (Å²) in [6.45, 7) is 2.91. The topological polar surface area (TPSA) is 84.9 Å². The van der Waals surface area contributed by atoms with Gasteiger partial charge < -0.3 is 14.8 Å². The van der Waals surface area contributed by atoms with Crippen molar-refractivity contribution in [1.29, 1.82) is 0 Å². The predicted molar refractivity (Wildman–Crippen MR) is 119 cm³/mol. The molecule has 1 saturated heterocycles. The van der Waals surface area contributed by atoms with Crippen molar-refractivity contribution in [2.75, 3.05) is 33.9 Å². The third kappa shape index (κ3) is 5.57. The minimum absolute atomic E-state index is 0.107. The molecular formula is C23H30N2O5S. The number of rotatable bonds is 8. The number of hydrogen-bond acceptors (Lipinski definition) is 5. The van der Waals surface area contributed by atoms with Gasteiger partial charge in [-0.1, -0.05) is 18.2 Å². The maximum atomic E-state index is 13.2. The predicted octanol–water partition coefficient (Wildman–Crippen LogP) is 2.77. The van der Waals surface area contributed by atoms with Gasteiger partial charge in [-0.05, 0) is 61.6 Å². The van der Waals surface area contributed by atoms with Crippen molar-refractivity contribution in [1.82, 2.24) is 9.62 Å². The molecule has 1 fully saturated rings. The molecule has 2 aromatic rings. The molecule has 0 aromatic heterocycles. The molecule has 0 unspecified atom stereocenters. The highest BCUT2D eigenvalue weighted by Gasteiger charge is 2.34. The quantitative estimate of drug-likeness (QED) is 0.674. The summed E-state index contributed by atoms with van der Waals surface area (Å²) in [5.41, 5.74) is 1.93. The summed E-state index contributed by atoms with van der Waals surface area (Å²) in [6, 6.07) is 12.8. The van der Waals surface area contributed by atoms with Crippen LogP contribution in [0.5, 0.6) is 11.5 Å². The summed E-state index contributed by atoms with van der Waals surface area (Å²) in [4.78, 5) is 12.8. The van der Waals surface area contributed by atoms with Gasteiger partial charge in [0.05, 0.1) is 20.1 Å². The van der Waals surface area contributed by atoms with E-state index in [-0.39, 0.29) is 23.3 Å². The van der Waals surface area contributed by atoms with E-state index in [0.717, 1.165) is 16.9 Å². The SMILES string of the molecule is COc1ccc(CCNC(=O)[C@@H]2CCCN(S(=O)(=O)c3cc(C)ccc3OC)C2)cc1. The van der Waals surface area contributed by atoms with Gasteiger partial charge in [0.2, 0.25) is 15.9 Å². The molecule has 1 aliphatic rings. The van der Waals surface area contributed by atoms with Gasteiger partial charge in [0, 0.05) is 19.6 Å². The van der Waals surface area contributed by atoms with E-state index in [1.807, 2.05) is 37.3 Å². The van der Waals surface area contributed by atoms with E-state index in [0.29, 0.717) is 38.1 Å². The van der Waals surface area contributed by atoms with E-state index < -0.39 is 10.0 Å². The van der Waals surface area contributed by atoms with Crippen LogP contribution in [0.25, 0.3) is 0 Å². The fourth-order valence-corrected chi connectivity index (χ4v) is 5.53. The molecule has 1 heterocycles. The number of nitrogens with one attached hydrogen (secondary N) is 1. The molecule has 0 bridgehead atoms. The summed E-state index contributed by atoms with van der Waals surface area (Å²) in [7, 11) is -0.667. The van der Waals surface area contributed by atoms with Crippen molar-refractivity contribution in [3.63, 3.8) is 0 Å². The Morgan fingerprint density at radius 3 is 2.55 bits per heavy atom. The molecule has 1 N–H and O–H groups in total. The van der Waals surface area contributed by atoms with Crippen LogP contribution in [0.3, 0.4) is 0 Å². The first-order valence-corrected chi connectivity index (χ1v) is 11.8. The van der Waals surface area contributed by atoms with Crippen LogP contribution < -0.4 is 14.8 Å². The zero-order valence-corrected chi connectivity index (χ0v) is 19.1. The van der Waals surface area contributed by atoms with Crippen LogP contribution in [0.4, 0.5) is 0 Å². The van der Waals surface area contributed by atoms with E-state index in [9.17, 15) is 13.2 Å². The van der Waals surface area contributed by atoms with Crippen LogP contribution in [-0.2, 0) is 21.2 Å². The Morgan fingerprint density at radius 1 is 1.13 bits per heavy atom. The molecule has 0 saturated carbocycles. The highest BCUT2D eigenvalue weighted by Crippen LogP contribution is 2.30. The second-order valence-corrected chi connectivity index (χ2v) is 9.65. The number of ether oxygens (including phenoxy) is 2. The van der Waals surface area contributed by atoms with E-state index in [2.05, 4.69) is 5.32 Å². The summed E-state index contributed by atoms with van der Waals surface area (Å²) >= 11 is 0. The van der Waals surface area contributed by atoms with Crippen molar-refractivity contribution in [3.8, 4) is 11.5 Å². The van der Waals surface area contributed by atoms with Crippen LogP contribution >= 0.6 is 0 Å². The highest BCUT2D eigenvalue weighted by atomic mass is 32.2. The van der Waals surface area contributed by atoms with Crippen molar-refractivity contribution < 1.29 is 22.7 Å². The molecule has 2 aromatic carbocycles. The third-order valence-electron chi connectivity index (χ3n) is 5.56. The van der Waals surface area contributed by atoms with Crippen molar-refractivity contribution in [3.05, 3.63) is 53.6 Å². The number of nitrogens with zero attached hydrogens (tertiary/aromatic N) is 1. The maximum absolute atomic E-state index is 13.2. The van der Waals surface area contributed by atoms with E-state index in [4.69, 9.17) is 9.47 Å².